The zero-order chi connectivity index (χ0) is 12.1. The molecule has 0 saturated carbocycles. The number of carbonyl (C=O) groups excluding carboxylic acids is 1. The lowest BCUT2D eigenvalue weighted by Crippen LogP contribution is -2.38. The third kappa shape index (κ3) is 2.80. The number of carbonyl (C=O) groups is 1. The van der Waals surface area contributed by atoms with Crippen molar-refractivity contribution in [3.63, 3.8) is 0 Å². The van der Waals surface area contributed by atoms with Crippen molar-refractivity contribution < 1.29 is 14.6 Å². The molecular weight excluding hydrogens is 210 g/mol. The van der Waals surface area contributed by atoms with E-state index in [-0.39, 0.29) is 6.61 Å². The van der Waals surface area contributed by atoms with Crippen molar-refractivity contribution >= 4 is 5.97 Å². The van der Waals surface area contributed by atoms with Crippen molar-refractivity contribution in [3.8, 4) is 0 Å². The van der Waals surface area contributed by atoms with Crippen LogP contribution in [0.4, 0.5) is 0 Å². The Morgan fingerprint density at radius 3 is 2.88 bits per heavy atom. The van der Waals surface area contributed by atoms with E-state index in [2.05, 4.69) is 5.10 Å². The fourth-order valence-electron chi connectivity index (χ4n) is 1.28. The van der Waals surface area contributed by atoms with Gasteiger partial charge >= 0.3 is 5.97 Å². The Kier molecular flexibility index (Phi) is 4.45. The van der Waals surface area contributed by atoms with Gasteiger partial charge < -0.3 is 15.6 Å². The molecule has 2 unspecified atom stereocenters. The summed E-state index contributed by atoms with van der Waals surface area (Å²) < 4.78 is 6.38. The van der Waals surface area contributed by atoms with Crippen LogP contribution in [0.1, 0.15) is 25.5 Å². The first-order valence-electron chi connectivity index (χ1n) is 5.22. The second-order valence-electron chi connectivity index (χ2n) is 3.35. The number of aromatic nitrogens is 2. The van der Waals surface area contributed by atoms with Crippen LogP contribution in [0.25, 0.3) is 0 Å². The molecule has 1 aromatic heterocycles. The fraction of sp³-hybridized carbons (Fsp3) is 0.600. The number of rotatable bonds is 5. The van der Waals surface area contributed by atoms with E-state index in [9.17, 15) is 9.90 Å². The number of aliphatic hydroxyl groups is 1. The SMILES string of the molecule is CCOC(=O)C(N)C(O)c1cnn(CC)c1. The molecule has 0 aliphatic rings. The van der Waals surface area contributed by atoms with Crippen LogP contribution in [-0.4, -0.2) is 33.5 Å². The van der Waals surface area contributed by atoms with Crippen molar-refractivity contribution in [2.75, 3.05) is 6.61 Å². The van der Waals surface area contributed by atoms with Crippen LogP contribution in [0, 0.1) is 0 Å². The largest absolute Gasteiger partial charge is 0.465 e. The van der Waals surface area contributed by atoms with Gasteiger partial charge in [0.25, 0.3) is 0 Å². The summed E-state index contributed by atoms with van der Waals surface area (Å²) in [5, 5.41) is 13.8. The number of nitrogens with two attached hydrogens (primary N) is 1. The highest BCUT2D eigenvalue weighted by Crippen LogP contribution is 2.15. The summed E-state index contributed by atoms with van der Waals surface area (Å²) in [7, 11) is 0. The van der Waals surface area contributed by atoms with Gasteiger partial charge in [0.2, 0.25) is 0 Å². The van der Waals surface area contributed by atoms with E-state index in [4.69, 9.17) is 10.5 Å². The third-order valence-corrected chi connectivity index (χ3v) is 2.22. The van der Waals surface area contributed by atoms with Gasteiger partial charge in [0.15, 0.2) is 0 Å². The van der Waals surface area contributed by atoms with Crippen LogP contribution in [-0.2, 0) is 16.1 Å². The minimum Gasteiger partial charge on any atom is -0.465 e. The van der Waals surface area contributed by atoms with Crippen molar-refractivity contribution in [2.45, 2.75) is 32.5 Å². The van der Waals surface area contributed by atoms with Gasteiger partial charge in [-0.3, -0.25) is 9.48 Å². The number of aliphatic hydroxyl groups excluding tert-OH is 1. The molecule has 6 nitrogen and oxygen atoms in total. The van der Waals surface area contributed by atoms with Gasteiger partial charge in [-0.25, -0.2) is 0 Å². The summed E-state index contributed by atoms with van der Waals surface area (Å²) in [6.07, 6.45) is 2.07. The number of hydrogen-bond donors (Lipinski definition) is 2. The zero-order valence-corrected chi connectivity index (χ0v) is 9.46. The van der Waals surface area contributed by atoms with Gasteiger partial charge in [0, 0.05) is 18.3 Å². The number of nitrogens with zero attached hydrogens (tertiary/aromatic N) is 2. The Morgan fingerprint density at radius 1 is 1.69 bits per heavy atom. The van der Waals surface area contributed by atoms with E-state index >= 15 is 0 Å². The number of esters is 1. The first kappa shape index (κ1) is 12.7. The summed E-state index contributed by atoms with van der Waals surface area (Å²) in [4.78, 5) is 11.3. The van der Waals surface area contributed by atoms with Crippen LogP contribution >= 0.6 is 0 Å². The van der Waals surface area contributed by atoms with Crippen LogP contribution in [0.5, 0.6) is 0 Å². The van der Waals surface area contributed by atoms with Crippen LogP contribution in [0.15, 0.2) is 12.4 Å². The highest BCUT2D eigenvalue weighted by atomic mass is 16.5. The summed E-state index contributed by atoms with van der Waals surface area (Å²) in [5.41, 5.74) is 6.08. The molecule has 1 rings (SSSR count). The predicted octanol–water partition coefficient (Wildman–Crippen LogP) is -0.173. The third-order valence-electron chi connectivity index (χ3n) is 2.22. The Labute approximate surface area is 94.0 Å². The molecule has 0 spiro atoms. The lowest BCUT2D eigenvalue weighted by molar-refractivity contribution is -0.147. The van der Waals surface area contributed by atoms with E-state index < -0.39 is 18.1 Å². The quantitative estimate of drug-likeness (QED) is 0.681. The lowest BCUT2D eigenvalue weighted by Gasteiger charge is -2.15. The molecule has 3 N–H and O–H groups in total. The normalized spacial score (nSPS) is 14.5. The Bertz CT molecular complexity index is 351. The van der Waals surface area contributed by atoms with Crippen LogP contribution < -0.4 is 5.73 Å². The second kappa shape index (κ2) is 5.62. The van der Waals surface area contributed by atoms with Gasteiger partial charge in [-0.15, -0.1) is 0 Å². The molecule has 0 saturated heterocycles. The van der Waals surface area contributed by atoms with Gasteiger partial charge in [0.1, 0.15) is 12.1 Å². The topological polar surface area (TPSA) is 90.4 Å². The maximum Gasteiger partial charge on any atom is 0.325 e. The average molecular weight is 227 g/mol. The first-order valence-corrected chi connectivity index (χ1v) is 5.22. The summed E-state index contributed by atoms with van der Waals surface area (Å²) in [6, 6.07) is -1.07. The maximum absolute atomic E-state index is 11.3. The molecule has 0 aliphatic heterocycles. The van der Waals surface area contributed by atoms with Gasteiger partial charge in [0.05, 0.1) is 12.8 Å². The highest BCUT2D eigenvalue weighted by Gasteiger charge is 2.26. The van der Waals surface area contributed by atoms with E-state index in [1.54, 1.807) is 17.8 Å². The smallest absolute Gasteiger partial charge is 0.325 e. The van der Waals surface area contributed by atoms with Crippen molar-refractivity contribution in [1.82, 2.24) is 9.78 Å². The van der Waals surface area contributed by atoms with E-state index in [0.717, 1.165) is 0 Å². The number of hydrogen-bond acceptors (Lipinski definition) is 5. The molecule has 0 amide bonds. The van der Waals surface area contributed by atoms with Gasteiger partial charge in [-0.2, -0.15) is 5.10 Å². The second-order valence-corrected chi connectivity index (χ2v) is 3.35. The first-order chi connectivity index (χ1) is 7.60. The molecular formula is C10H17N3O3. The Morgan fingerprint density at radius 2 is 2.38 bits per heavy atom. The minimum atomic E-state index is -1.08. The monoisotopic (exact) mass is 227 g/mol. The molecule has 0 aliphatic carbocycles. The Balaban J connectivity index is 2.69. The van der Waals surface area contributed by atoms with Crippen LogP contribution in [0.2, 0.25) is 0 Å². The average Bonchev–Trinajstić information content (AvgIpc) is 2.75. The van der Waals surface area contributed by atoms with Crippen molar-refractivity contribution in [2.24, 2.45) is 5.73 Å². The van der Waals surface area contributed by atoms with E-state index in [1.807, 2.05) is 6.92 Å². The van der Waals surface area contributed by atoms with Gasteiger partial charge in [-0.1, -0.05) is 0 Å². The molecule has 0 bridgehead atoms. The van der Waals surface area contributed by atoms with Crippen molar-refractivity contribution in [1.29, 1.82) is 0 Å². The van der Waals surface area contributed by atoms with Gasteiger partial charge in [-0.05, 0) is 13.8 Å². The standard InChI is InChI=1S/C10H17N3O3/c1-3-13-6-7(5-12-13)9(14)8(11)10(15)16-4-2/h5-6,8-9,14H,3-4,11H2,1-2H3. The van der Waals surface area contributed by atoms with Crippen LogP contribution in [0.3, 0.4) is 0 Å². The Hall–Kier alpha value is -1.40. The fourth-order valence-corrected chi connectivity index (χ4v) is 1.28. The number of aryl methyl sites for hydroxylation is 1. The van der Waals surface area contributed by atoms with Crippen molar-refractivity contribution in [3.05, 3.63) is 18.0 Å². The molecule has 90 valence electrons. The molecule has 0 fully saturated rings. The summed E-state index contributed by atoms with van der Waals surface area (Å²) in [5.74, 6) is -0.612. The molecule has 0 radical (unpaired) electrons. The molecule has 6 heteroatoms. The number of ether oxygens (including phenoxy) is 1. The van der Waals surface area contributed by atoms with E-state index in [1.165, 1.54) is 6.20 Å². The molecule has 16 heavy (non-hydrogen) atoms. The predicted molar refractivity (Wildman–Crippen MR) is 57.5 cm³/mol. The zero-order valence-electron chi connectivity index (χ0n) is 9.46. The molecule has 1 aromatic rings. The maximum atomic E-state index is 11.3. The highest BCUT2D eigenvalue weighted by molar-refractivity contribution is 5.76. The molecule has 2 atom stereocenters. The molecule has 1 heterocycles. The summed E-state index contributed by atoms with van der Waals surface area (Å²) in [6.45, 7) is 4.55. The van der Waals surface area contributed by atoms with E-state index in [0.29, 0.717) is 12.1 Å². The summed E-state index contributed by atoms with van der Waals surface area (Å²) >= 11 is 0. The minimum absolute atomic E-state index is 0.244. The lowest BCUT2D eigenvalue weighted by atomic mass is 10.1. The molecule has 0 aromatic carbocycles.